The molecule has 30 heavy (non-hydrogen) atoms. The van der Waals surface area contributed by atoms with Crippen LogP contribution in [0.3, 0.4) is 0 Å². The summed E-state index contributed by atoms with van der Waals surface area (Å²) in [6.45, 7) is 2.76. The van der Waals surface area contributed by atoms with E-state index in [1.165, 1.54) is 38.0 Å². The van der Waals surface area contributed by atoms with Crippen LogP contribution < -0.4 is 14.2 Å². The molecule has 0 spiro atoms. The Kier molecular flexibility index (Phi) is 6.99. The summed E-state index contributed by atoms with van der Waals surface area (Å²) in [5, 5.41) is 0. The monoisotopic (exact) mass is 432 g/mol. The lowest BCUT2D eigenvalue weighted by molar-refractivity contribution is -0.131. The van der Waals surface area contributed by atoms with Crippen molar-refractivity contribution < 1.29 is 22.7 Å². The van der Waals surface area contributed by atoms with Gasteiger partial charge in [-0.3, -0.25) is 4.79 Å². The number of ether oxygens (including phenoxy) is 2. The number of sulfonamides is 1. The van der Waals surface area contributed by atoms with Crippen molar-refractivity contribution in [1.82, 2.24) is 9.62 Å². The van der Waals surface area contributed by atoms with E-state index in [4.69, 9.17) is 9.47 Å². The van der Waals surface area contributed by atoms with Crippen molar-refractivity contribution in [2.75, 3.05) is 27.3 Å². The normalized spacial score (nSPS) is 16.5. The van der Waals surface area contributed by atoms with E-state index in [-0.39, 0.29) is 29.8 Å². The smallest absolute Gasteiger partial charge is 0.240 e. The fraction of sp³-hybridized carbons (Fsp3) is 0.409. The van der Waals surface area contributed by atoms with Crippen molar-refractivity contribution in [3.8, 4) is 11.5 Å². The molecule has 0 aliphatic carbocycles. The molecule has 0 aromatic heterocycles. The van der Waals surface area contributed by atoms with Gasteiger partial charge in [0.1, 0.15) is 0 Å². The molecule has 3 rings (SSSR count). The Morgan fingerprint density at radius 1 is 1.10 bits per heavy atom. The summed E-state index contributed by atoms with van der Waals surface area (Å²) in [4.78, 5) is 14.7. The molecule has 1 saturated heterocycles. The van der Waals surface area contributed by atoms with E-state index in [0.717, 1.165) is 18.4 Å². The van der Waals surface area contributed by atoms with Crippen molar-refractivity contribution in [2.45, 2.75) is 37.1 Å². The minimum atomic E-state index is -3.76. The molecule has 1 fully saturated rings. The van der Waals surface area contributed by atoms with Crippen LogP contribution >= 0.6 is 0 Å². The molecule has 0 bridgehead atoms. The van der Waals surface area contributed by atoms with Crippen molar-refractivity contribution in [3.05, 3.63) is 53.6 Å². The quantitative estimate of drug-likeness (QED) is 0.693. The van der Waals surface area contributed by atoms with E-state index >= 15 is 0 Å². The molecule has 1 N–H and O–H groups in total. The molecule has 2 aromatic carbocycles. The Morgan fingerprint density at radius 2 is 1.80 bits per heavy atom. The summed E-state index contributed by atoms with van der Waals surface area (Å²) >= 11 is 0. The first-order valence-corrected chi connectivity index (χ1v) is 11.4. The number of nitrogens with zero attached hydrogens (tertiary/aromatic N) is 1. The Labute approximate surface area is 178 Å². The van der Waals surface area contributed by atoms with Gasteiger partial charge in [-0.25, -0.2) is 13.1 Å². The summed E-state index contributed by atoms with van der Waals surface area (Å²) in [5.41, 5.74) is 2.30. The topological polar surface area (TPSA) is 84.9 Å². The number of hydrogen-bond acceptors (Lipinski definition) is 5. The van der Waals surface area contributed by atoms with Gasteiger partial charge in [0.05, 0.1) is 25.2 Å². The summed E-state index contributed by atoms with van der Waals surface area (Å²) in [5.74, 6) is 0.727. The minimum Gasteiger partial charge on any atom is -0.493 e. The van der Waals surface area contributed by atoms with Crippen molar-refractivity contribution >= 4 is 15.9 Å². The van der Waals surface area contributed by atoms with Gasteiger partial charge < -0.3 is 14.4 Å². The van der Waals surface area contributed by atoms with Crippen LogP contribution in [-0.2, 0) is 14.8 Å². The maximum Gasteiger partial charge on any atom is 0.240 e. The third kappa shape index (κ3) is 4.94. The molecule has 0 saturated carbocycles. The summed E-state index contributed by atoms with van der Waals surface area (Å²) in [6, 6.07) is 12.7. The van der Waals surface area contributed by atoms with Crippen LogP contribution in [0.4, 0.5) is 0 Å². The number of benzene rings is 2. The summed E-state index contributed by atoms with van der Waals surface area (Å²) in [6.07, 6.45) is 1.97. The summed E-state index contributed by atoms with van der Waals surface area (Å²) < 4.78 is 38.0. The number of carbonyl (C=O) groups excluding carboxylic acids is 1. The highest BCUT2D eigenvalue weighted by Gasteiger charge is 2.29. The van der Waals surface area contributed by atoms with E-state index in [1.54, 1.807) is 0 Å². The third-order valence-electron chi connectivity index (χ3n) is 5.33. The highest BCUT2D eigenvalue weighted by atomic mass is 32.2. The Bertz CT molecular complexity index is 989. The van der Waals surface area contributed by atoms with Crippen molar-refractivity contribution in [3.63, 3.8) is 0 Å². The fourth-order valence-electron chi connectivity index (χ4n) is 3.70. The average Bonchev–Trinajstić information content (AvgIpc) is 3.23. The van der Waals surface area contributed by atoms with Crippen LogP contribution in [0, 0.1) is 6.92 Å². The fourth-order valence-corrected chi connectivity index (χ4v) is 4.75. The van der Waals surface area contributed by atoms with Crippen LogP contribution in [0.15, 0.2) is 47.4 Å². The maximum atomic E-state index is 12.8. The largest absolute Gasteiger partial charge is 0.493 e. The first-order valence-electron chi connectivity index (χ1n) is 9.93. The highest BCUT2D eigenvalue weighted by molar-refractivity contribution is 7.89. The van der Waals surface area contributed by atoms with Gasteiger partial charge in [0.15, 0.2) is 11.5 Å². The van der Waals surface area contributed by atoms with E-state index in [2.05, 4.69) is 16.9 Å². The number of likely N-dealkylation sites (tertiary alicyclic amines) is 1. The van der Waals surface area contributed by atoms with Crippen LogP contribution in [0.25, 0.3) is 0 Å². The third-order valence-corrected chi connectivity index (χ3v) is 6.79. The molecule has 7 nitrogen and oxygen atoms in total. The zero-order valence-corrected chi connectivity index (χ0v) is 18.4. The minimum absolute atomic E-state index is 0.0344. The highest BCUT2D eigenvalue weighted by Crippen LogP contribution is 2.32. The van der Waals surface area contributed by atoms with Gasteiger partial charge in [0.25, 0.3) is 0 Å². The van der Waals surface area contributed by atoms with E-state index < -0.39 is 10.0 Å². The van der Waals surface area contributed by atoms with Crippen LogP contribution in [0.1, 0.15) is 36.4 Å². The number of aryl methyl sites for hydroxylation is 1. The summed E-state index contributed by atoms with van der Waals surface area (Å²) in [7, 11) is -0.834. The van der Waals surface area contributed by atoms with Crippen LogP contribution in [-0.4, -0.2) is 46.5 Å². The van der Waals surface area contributed by atoms with Crippen molar-refractivity contribution in [1.29, 1.82) is 0 Å². The Hall–Kier alpha value is -2.58. The molecule has 8 heteroatoms. The molecule has 162 valence electrons. The van der Waals surface area contributed by atoms with Gasteiger partial charge in [-0.1, -0.05) is 29.8 Å². The van der Waals surface area contributed by atoms with Gasteiger partial charge in [-0.2, -0.15) is 0 Å². The number of hydrogen-bond donors (Lipinski definition) is 1. The van der Waals surface area contributed by atoms with Gasteiger partial charge in [-0.05, 0) is 37.5 Å². The van der Waals surface area contributed by atoms with E-state index in [1.807, 2.05) is 24.0 Å². The Balaban J connectivity index is 1.61. The first-order chi connectivity index (χ1) is 14.4. The first kappa shape index (κ1) is 22.1. The molecular formula is C22H28N2O5S. The predicted molar refractivity (Wildman–Crippen MR) is 114 cm³/mol. The number of carbonyl (C=O) groups is 1. The van der Waals surface area contributed by atoms with Gasteiger partial charge in [0.2, 0.25) is 15.9 Å². The van der Waals surface area contributed by atoms with Crippen LogP contribution in [0.2, 0.25) is 0 Å². The number of amides is 1. The number of methoxy groups -OCH3 is 2. The maximum absolute atomic E-state index is 12.8. The SMILES string of the molecule is COc1ccc(S(=O)(=O)NCCC(=O)N2CCCC2c2ccc(C)cc2)cc1OC. The zero-order valence-electron chi connectivity index (χ0n) is 17.6. The molecule has 1 heterocycles. The molecular weight excluding hydrogens is 404 g/mol. The number of rotatable bonds is 8. The van der Waals surface area contributed by atoms with Crippen molar-refractivity contribution in [2.24, 2.45) is 0 Å². The molecule has 1 atom stereocenters. The number of nitrogens with one attached hydrogen (secondary N) is 1. The molecule has 0 radical (unpaired) electrons. The molecule has 2 aromatic rings. The van der Waals surface area contributed by atoms with Gasteiger partial charge in [0, 0.05) is 25.6 Å². The lowest BCUT2D eigenvalue weighted by Crippen LogP contribution is -2.34. The van der Waals surface area contributed by atoms with Gasteiger partial charge >= 0.3 is 0 Å². The van der Waals surface area contributed by atoms with E-state index in [9.17, 15) is 13.2 Å². The average molecular weight is 433 g/mol. The van der Waals surface area contributed by atoms with E-state index in [0.29, 0.717) is 18.0 Å². The molecule has 1 unspecified atom stereocenters. The molecule has 1 aliphatic heterocycles. The second-order valence-corrected chi connectivity index (χ2v) is 9.09. The second kappa shape index (κ2) is 9.49. The lowest BCUT2D eigenvalue weighted by atomic mass is 10.0. The second-order valence-electron chi connectivity index (χ2n) is 7.32. The molecule has 1 aliphatic rings. The Morgan fingerprint density at radius 3 is 2.47 bits per heavy atom. The molecule has 1 amide bonds. The lowest BCUT2D eigenvalue weighted by Gasteiger charge is -2.25. The van der Waals surface area contributed by atoms with Crippen LogP contribution in [0.5, 0.6) is 11.5 Å². The zero-order chi connectivity index (χ0) is 21.7. The predicted octanol–water partition coefficient (Wildman–Crippen LogP) is 3.04. The standard InChI is InChI=1S/C22H28N2O5S/c1-16-6-8-17(9-7-16)19-5-4-14-24(19)22(25)12-13-23-30(26,27)18-10-11-20(28-2)21(15-18)29-3/h6-11,15,19,23H,4-5,12-14H2,1-3H3. The van der Waals surface area contributed by atoms with Gasteiger partial charge in [-0.15, -0.1) is 0 Å².